The summed E-state index contributed by atoms with van der Waals surface area (Å²) in [6, 6.07) is 0.629. The summed E-state index contributed by atoms with van der Waals surface area (Å²) in [5, 5.41) is 3.18. The Kier molecular flexibility index (Phi) is 10.3. The fraction of sp³-hybridized carbons (Fsp3) is 1.00. The van der Waals surface area contributed by atoms with Crippen molar-refractivity contribution in [2.75, 3.05) is 40.4 Å². The van der Waals surface area contributed by atoms with Gasteiger partial charge in [-0.2, -0.15) is 0 Å². The third kappa shape index (κ3) is 8.85. The largest absolute Gasteiger partial charge is 0.383 e. The molecule has 0 fully saturated rings. The van der Waals surface area contributed by atoms with Crippen LogP contribution >= 0.6 is 0 Å². The van der Waals surface area contributed by atoms with Crippen molar-refractivity contribution < 1.29 is 4.74 Å². The molecule has 0 saturated carbocycles. The maximum atomic E-state index is 5.12. The normalized spacial score (nSPS) is 11.6. The first kappa shape index (κ1) is 14.9. The number of rotatable bonds is 10. The summed E-state index contributed by atoms with van der Waals surface area (Å²) in [7, 11) is 3.78. The summed E-state index contributed by atoms with van der Waals surface area (Å²) in [6.45, 7) is 8.74. The SMILES string of the molecule is CNCCCCCN(CCOC)C(C)C. The maximum Gasteiger partial charge on any atom is 0.0589 e. The van der Waals surface area contributed by atoms with E-state index >= 15 is 0 Å². The first-order chi connectivity index (χ1) is 7.22. The molecule has 0 spiro atoms. The number of nitrogens with zero attached hydrogens (tertiary/aromatic N) is 1. The molecule has 0 amide bonds. The number of ether oxygens (including phenoxy) is 1. The second-order valence-corrected chi connectivity index (χ2v) is 4.29. The molecule has 0 bridgehead atoms. The average molecular weight is 216 g/mol. The van der Waals surface area contributed by atoms with Gasteiger partial charge in [-0.1, -0.05) is 6.42 Å². The monoisotopic (exact) mass is 216 g/mol. The van der Waals surface area contributed by atoms with Crippen LogP contribution in [0.2, 0.25) is 0 Å². The Balaban J connectivity index is 3.48. The first-order valence-electron chi connectivity index (χ1n) is 6.10. The van der Waals surface area contributed by atoms with Crippen molar-refractivity contribution >= 4 is 0 Å². The Morgan fingerprint density at radius 3 is 2.40 bits per heavy atom. The summed E-state index contributed by atoms with van der Waals surface area (Å²) in [5.41, 5.74) is 0. The van der Waals surface area contributed by atoms with Crippen molar-refractivity contribution in [3.8, 4) is 0 Å². The number of hydrogen-bond donors (Lipinski definition) is 1. The zero-order valence-corrected chi connectivity index (χ0v) is 10.9. The third-order valence-electron chi connectivity index (χ3n) is 2.69. The van der Waals surface area contributed by atoms with Crippen molar-refractivity contribution in [3.05, 3.63) is 0 Å². The molecular weight excluding hydrogens is 188 g/mol. The summed E-state index contributed by atoms with van der Waals surface area (Å²) in [6.07, 6.45) is 3.90. The lowest BCUT2D eigenvalue weighted by Crippen LogP contribution is -2.34. The third-order valence-corrected chi connectivity index (χ3v) is 2.69. The van der Waals surface area contributed by atoms with Gasteiger partial charge in [0.2, 0.25) is 0 Å². The summed E-state index contributed by atoms with van der Waals surface area (Å²) < 4.78 is 5.12. The maximum absolute atomic E-state index is 5.12. The first-order valence-corrected chi connectivity index (χ1v) is 6.10. The van der Waals surface area contributed by atoms with E-state index in [0.29, 0.717) is 6.04 Å². The van der Waals surface area contributed by atoms with E-state index in [4.69, 9.17) is 4.74 Å². The summed E-state index contributed by atoms with van der Waals surface area (Å²) in [5.74, 6) is 0. The van der Waals surface area contributed by atoms with E-state index in [9.17, 15) is 0 Å². The highest BCUT2D eigenvalue weighted by Crippen LogP contribution is 2.02. The minimum absolute atomic E-state index is 0.629. The van der Waals surface area contributed by atoms with Gasteiger partial charge in [0.1, 0.15) is 0 Å². The molecule has 0 saturated heterocycles. The van der Waals surface area contributed by atoms with Gasteiger partial charge in [-0.15, -0.1) is 0 Å². The van der Waals surface area contributed by atoms with Crippen molar-refractivity contribution in [2.24, 2.45) is 0 Å². The van der Waals surface area contributed by atoms with Gasteiger partial charge in [-0.25, -0.2) is 0 Å². The van der Waals surface area contributed by atoms with Crippen LogP contribution in [0, 0.1) is 0 Å². The van der Waals surface area contributed by atoms with Crippen LogP contribution in [0.25, 0.3) is 0 Å². The molecule has 0 aliphatic rings. The predicted molar refractivity (Wildman–Crippen MR) is 66.4 cm³/mol. The van der Waals surface area contributed by atoms with E-state index in [1.165, 1.54) is 25.8 Å². The van der Waals surface area contributed by atoms with E-state index in [1.54, 1.807) is 7.11 Å². The molecule has 3 heteroatoms. The van der Waals surface area contributed by atoms with Gasteiger partial charge in [0.25, 0.3) is 0 Å². The minimum atomic E-state index is 0.629. The Bertz CT molecular complexity index is 129. The summed E-state index contributed by atoms with van der Waals surface area (Å²) in [4.78, 5) is 2.49. The summed E-state index contributed by atoms with van der Waals surface area (Å²) >= 11 is 0. The minimum Gasteiger partial charge on any atom is -0.383 e. The van der Waals surface area contributed by atoms with Crippen LogP contribution in [0.1, 0.15) is 33.1 Å². The van der Waals surface area contributed by atoms with E-state index in [0.717, 1.165) is 19.7 Å². The van der Waals surface area contributed by atoms with Crippen molar-refractivity contribution in [3.63, 3.8) is 0 Å². The lowest BCUT2D eigenvalue weighted by Gasteiger charge is -2.26. The van der Waals surface area contributed by atoms with Crippen LogP contribution in [0.5, 0.6) is 0 Å². The predicted octanol–water partition coefficient (Wildman–Crippen LogP) is 1.73. The second kappa shape index (κ2) is 10.4. The molecule has 3 nitrogen and oxygen atoms in total. The van der Waals surface area contributed by atoms with Crippen LogP contribution in [0.3, 0.4) is 0 Å². The molecule has 0 heterocycles. The number of nitrogens with one attached hydrogen (secondary N) is 1. The number of methoxy groups -OCH3 is 1. The van der Waals surface area contributed by atoms with Gasteiger partial charge in [0.15, 0.2) is 0 Å². The van der Waals surface area contributed by atoms with Crippen LogP contribution in [0.15, 0.2) is 0 Å². The standard InChI is InChI=1S/C12H28N2O/c1-12(2)14(10-11-15-4)9-7-5-6-8-13-3/h12-13H,5-11H2,1-4H3. The van der Waals surface area contributed by atoms with E-state index in [2.05, 4.69) is 24.1 Å². The Hall–Kier alpha value is -0.120. The lowest BCUT2D eigenvalue weighted by atomic mass is 10.2. The highest BCUT2D eigenvalue weighted by Gasteiger charge is 2.07. The fourth-order valence-electron chi connectivity index (χ4n) is 1.63. The Labute approximate surface area is 95.2 Å². The van der Waals surface area contributed by atoms with E-state index in [1.807, 2.05) is 7.05 Å². The highest BCUT2D eigenvalue weighted by molar-refractivity contribution is 4.62. The van der Waals surface area contributed by atoms with E-state index < -0.39 is 0 Å². The molecule has 0 aromatic rings. The molecule has 0 radical (unpaired) electrons. The molecule has 0 aromatic carbocycles. The molecule has 0 aromatic heterocycles. The zero-order valence-electron chi connectivity index (χ0n) is 10.9. The van der Waals surface area contributed by atoms with Crippen LogP contribution in [-0.2, 0) is 4.74 Å². The quantitative estimate of drug-likeness (QED) is 0.563. The van der Waals surface area contributed by atoms with Crippen molar-refractivity contribution in [2.45, 2.75) is 39.2 Å². The second-order valence-electron chi connectivity index (χ2n) is 4.29. The lowest BCUT2D eigenvalue weighted by molar-refractivity contribution is 0.128. The van der Waals surface area contributed by atoms with Crippen LogP contribution < -0.4 is 5.32 Å². The molecule has 1 N–H and O–H groups in total. The van der Waals surface area contributed by atoms with Gasteiger partial charge < -0.3 is 10.1 Å². The Morgan fingerprint density at radius 1 is 1.13 bits per heavy atom. The molecule has 0 unspecified atom stereocenters. The smallest absolute Gasteiger partial charge is 0.0589 e. The highest BCUT2D eigenvalue weighted by atomic mass is 16.5. The molecule has 0 aliphatic heterocycles. The fourth-order valence-corrected chi connectivity index (χ4v) is 1.63. The van der Waals surface area contributed by atoms with Crippen LogP contribution in [-0.4, -0.2) is 51.3 Å². The van der Waals surface area contributed by atoms with E-state index in [-0.39, 0.29) is 0 Å². The van der Waals surface area contributed by atoms with Gasteiger partial charge in [-0.05, 0) is 46.8 Å². The average Bonchev–Trinajstić information content (AvgIpc) is 2.21. The molecule has 0 atom stereocenters. The van der Waals surface area contributed by atoms with Gasteiger partial charge in [0, 0.05) is 19.7 Å². The van der Waals surface area contributed by atoms with Crippen molar-refractivity contribution in [1.29, 1.82) is 0 Å². The molecular formula is C12H28N2O. The zero-order chi connectivity index (χ0) is 11.5. The van der Waals surface area contributed by atoms with Crippen LogP contribution in [0.4, 0.5) is 0 Å². The molecule has 0 rings (SSSR count). The van der Waals surface area contributed by atoms with Gasteiger partial charge >= 0.3 is 0 Å². The molecule has 15 heavy (non-hydrogen) atoms. The van der Waals surface area contributed by atoms with Crippen molar-refractivity contribution in [1.82, 2.24) is 10.2 Å². The molecule has 0 aliphatic carbocycles. The van der Waals surface area contributed by atoms with Gasteiger partial charge in [0.05, 0.1) is 6.61 Å². The van der Waals surface area contributed by atoms with Gasteiger partial charge in [-0.3, -0.25) is 4.90 Å². The topological polar surface area (TPSA) is 24.5 Å². The Morgan fingerprint density at radius 2 is 1.87 bits per heavy atom. The number of unbranched alkanes of at least 4 members (excludes halogenated alkanes) is 2. The number of hydrogen-bond acceptors (Lipinski definition) is 3. The molecule has 92 valence electrons.